The average molecular weight is 298 g/mol. The van der Waals surface area contributed by atoms with Crippen molar-refractivity contribution in [3.63, 3.8) is 0 Å². The molecule has 126 valence electrons. The summed E-state index contributed by atoms with van der Waals surface area (Å²) in [5, 5.41) is 3.74. The molecule has 21 heavy (non-hydrogen) atoms. The average Bonchev–Trinajstić information content (AvgIpc) is 2.41. The second-order valence-corrected chi connectivity index (χ2v) is 8.31. The quantitative estimate of drug-likeness (QED) is 0.645. The first-order chi connectivity index (χ1) is 9.83. The van der Waals surface area contributed by atoms with E-state index in [0.717, 1.165) is 36.9 Å². The second-order valence-electron chi connectivity index (χ2n) is 8.31. The van der Waals surface area contributed by atoms with E-state index >= 15 is 0 Å². The minimum Gasteiger partial charge on any atom is -0.382 e. The van der Waals surface area contributed by atoms with E-state index in [9.17, 15) is 0 Å². The first-order valence-corrected chi connectivity index (χ1v) is 9.16. The van der Waals surface area contributed by atoms with Crippen molar-refractivity contribution in [2.24, 2.45) is 23.7 Å². The Kier molecular flexibility index (Phi) is 8.26. The molecule has 2 heteroatoms. The minimum atomic E-state index is 0.241. The monoisotopic (exact) mass is 297 g/mol. The molecule has 1 aliphatic carbocycles. The van der Waals surface area contributed by atoms with Gasteiger partial charge in [-0.3, -0.25) is 0 Å². The molecule has 0 saturated heterocycles. The maximum Gasteiger partial charge on any atom is 0.0465 e. The third-order valence-corrected chi connectivity index (χ3v) is 5.09. The van der Waals surface area contributed by atoms with Crippen LogP contribution in [-0.2, 0) is 4.74 Å². The second kappa shape index (κ2) is 9.15. The predicted molar refractivity (Wildman–Crippen MR) is 92.6 cm³/mol. The minimum absolute atomic E-state index is 0.241. The summed E-state index contributed by atoms with van der Waals surface area (Å²) >= 11 is 0. The summed E-state index contributed by atoms with van der Waals surface area (Å²) < 4.78 is 5.53. The Hall–Kier alpha value is -0.0800. The van der Waals surface area contributed by atoms with Gasteiger partial charge in [0.15, 0.2) is 0 Å². The van der Waals surface area contributed by atoms with E-state index < -0.39 is 0 Å². The highest BCUT2D eigenvalue weighted by Crippen LogP contribution is 2.39. The molecule has 0 aliphatic heterocycles. The van der Waals surface area contributed by atoms with Crippen LogP contribution in [0.4, 0.5) is 0 Å². The van der Waals surface area contributed by atoms with Crippen LogP contribution >= 0.6 is 0 Å². The third-order valence-electron chi connectivity index (χ3n) is 5.09. The fourth-order valence-electron chi connectivity index (χ4n) is 3.62. The number of rotatable bonds is 8. The molecule has 2 nitrogen and oxygen atoms in total. The van der Waals surface area contributed by atoms with Gasteiger partial charge >= 0.3 is 0 Å². The Morgan fingerprint density at radius 3 is 2.43 bits per heavy atom. The van der Waals surface area contributed by atoms with Crippen LogP contribution in [-0.4, -0.2) is 25.3 Å². The molecule has 3 unspecified atom stereocenters. The van der Waals surface area contributed by atoms with Crippen LogP contribution < -0.4 is 5.32 Å². The molecular weight excluding hydrogens is 258 g/mol. The van der Waals surface area contributed by atoms with Crippen molar-refractivity contribution in [2.75, 3.05) is 19.8 Å². The Morgan fingerprint density at radius 1 is 1.14 bits per heavy atom. The van der Waals surface area contributed by atoms with Crippen LogP contribution in [0.1, 0.15) is 73.6 Å². The van der Waals surface area contributed by atoms with Crippen LogP contribution in [0, 0.1) is 23.7 Å². The van der Waals surface area contributed by atoms with Gasteiger partial charge in [-0.2, -0.15) is 0 Å². The van der Waals surface area contributed by atoms with Crippen LogP contribution in [0.2, 0.25) is 0 Å². The van der Waals surface area contributed by atoms with Gasteiger partial charge in [0.25, 0.3) is 0 Å². The van der Waals surface area contributed by atoms with Crippen molar-refractivity contribution in [2.45, 2.75) is 79.2 Å². The Morgan fingerprint density at radius 2 is 1.86 bits per heavy atom. The Labute approximate surface area is 133 Å². The van der Waals surface area contributed by atoms with Crippen molar-refractivity contribution in [1.29, 1.82) is 0 Å². The van der Waals surface area contributed by atoms with Crippen molar-refractivity contribution >= 4 is 0 Å². The standard InChI is InChI=1S/C19H39NO/c1-7-21-12-8-9-17-13-16(15(2)3)10-11-18(17)14-20-19(4,5)6/h15-18,20H,7-14H2,1-6H3. The fraction of sp³-hybridized carbons (Fsp3) is 1.00. The third kappa shape index (κ3) is 7.65. The van der Waals surface area contributed by atoms with Gasteiger partial charge in [0.2, 0.25) is 0 Å². The van der Waals surface area contributed by atoms with E-state index in [1.165, 1.54) is 38.6 Å². The lowest BCUT2D eigenvalue weighted by Gasteiger charge is -2.39. The summed E-state index contributed by atoms with van der Waals surface area (Å²) in [6.45, 7) is 16.7. The molecule has 0 aromatic rings. The molecule has 0 bridgehead atoms. The molecule has 0 heterocycles. The molecule has 0 aromatic carbocycles. The zero-order valence-corrected chi connectivity index (χ0v) is 15.4. The van der Waals surface area contributed by atoms with Crippen LogP contribution in [0.3, 0.4) is 0 Å². The summed E-state index contributed by atoms with van der Waals surface area (Å²) in [5.74, 6) is 3.53. The highest BCUT2D eigenvalue weighted by Gasteiger charge is 2.31. The number of hydrogen-bond donors (Lipinski definition) is 1. The topological polar surface area (TPSA) is 21.3 Å². The van der Waals surface area contributed by atoms with E-state index in [1.807, 2.05) is 0 Å². The van der Waals surface area contributed by atoms with Crippen molar-refractivity contribution in [3.05, 3.63) is 0 Å². The number of ether oxygens (including phenoxy) is 1. The van der Waals surface area contributed by atoms with Gasteiger partial charge in [-0.15, -0.1) is 0 Å². The molecule has 1 fully saturated rings. The van der Waals surface area contributed by atoms with Gasteiger partial charge in [-0.05, 0) is 90.0 Å². The van der Waals surface area contributed by atoms with E-state index in [-0.39, 0.29) is 5.54 Å². The Balaban J connectivity index is 2.49. The summed E-state index contributed by atoms with van der Waals surface area (Å²) in [7, 11) is 0. The Bertz CT molecular complexity index is 269. The normalized spacial score (nSPS) is 27.3. The van der Waals surface area contributed by atoms with Gasteiger partial charge in [0.1, 0.15) is 0 Å². The molecule has 1 N–H and O–H groups in total. The largest absolute Gasteiger partial charge is 0.382 e. The van der Waals surface area contributed by atoms with Gasteiger partial charge in [-0.25, -0.2) is 0 Å². The molecule has 1 rings (SSSR count). The van der Waals surface area contributed by atoms with E-state index in [4.69, 9.17) is 4.74 Å². The molecule has 0 amide bonds. The maximum absolute atomic E-state index is 5.53. The fourth-order valence-corrected chi connectivity index (χ4v) is 3.62. The molecule has 1 saturated carbocycles. The van der Waals surface area contributed by atoms with Gasteiger partial charge in [0, 0.05) is 18.8 Å². The van der Waals surface area contributed by atoms with E-state index in [0.29, 0.717) is 0 Å². The number of hydrogen-bond acceptors (Lipinski definition) is 2. The van der Waals surface area contributed by atoms with Crippen LogP contribution in [0.25, 0.3) is 0 Å². The molecule has 0 spiro atoms. The summed E-state index contributed by atoms with van der Waals surface area (Å²) in [6.07, 6.45) is 6.84. The molecule has 3 atom stereocenters. The van der Waals surface area contributed by atoms with E-state index in [1.54, 1.807) is 0 Å². The first kappa shape index (κ1) is 19.0. The van der Waals surface area contributed by atoms with Gasteiger partial charge < -0.3 is 10.1 Å². The van der Waals surface area contributed by atoms with Gasteiger partial charge in [0.05, 0.1) is 0 Å². The SMILES string of the molecule is CCOCCCC1CC(C(C)C)CCC1CNC(C)(C)C. The first-order valence-electron chi connectivity index (χ1n) is 9.16. The van der Waals surface area contributed by atoms with Crippen LogP contribution in [0.15, 0.2) is 0 Å². The van der Waals surface area contributed by atoms with Crippen LogP contribution in [0.5, 0.6) is 0 Å². The molecule has 1 aliphatic rings. The summed E-state index contributed by atoms with van der Waals surface area (Å²) in [4.78, 5) is 0. The summed E-state index contributed by atoms with van der Waals surface area (Å²) in [6, 6.07) is 0. The van der Waals surface area contributed by atoms with E-state index in [2.05, 4.69) is 46.9 Å². The zero-order valence-electron chi connectivity index (χ0n) is 15.4. The highest BCUT2D eigenvalue weighted by atomic mass is 16.5. The van der Waals surface area contributed by atoms with Crippen molar-refractivity contribution < 1.29 is 4.74 Å². The lowest BCUT2D eigenvalue weighted by molar-refractivity contribution is 0.105. The zero-order chi connectivity index (χ0) is 15.9. The van der Waals surface area contributed by atoms with Crippen molar-refractivity contribution in [1.82, 2.24) is 5.32 Å². The number of nitrogens with one attached hydrogen (secondary N) is 1. The summed E-state index contributed by atoms with van der Waals surface area (Å²) in [5.41, 5.74) is 0.241. The highest BCUT2D eigenvalue weighted by molar-refractivity contribution is 4.84. The predicted octanol–water partition coefficient (Wildman–Crippen LogP) is 4.88. The molecular formula is C19H39NO. The molecule has 0 aromatic heterocycles. The lowest BCUT2D eigenvalue weighted by Crippen LogP contribution is -2.42. The molecule has 0 radical (unpaired) electrons. The van der Waals surface area contributed by atoms with Gasteiger partial charge in [-0.1, -0.05) is 13.8 Å². The van der Waals surface area contributed by atoms with Crippen molar-refractivity contribution in [3.8, 4) is 0 Å². The smallest absolute Gasteiger partial charge is 0.0465 e. The maximum atomic E-state index is 5.53. The lowest BCUT2D eigenvalue weighted by atomic mass is 9.69.